The molecule has 1 aliphatic heterocycles. The molecule has 0 saturated carbocycles. The number of hydrogen-bond acceptors (Lipinski definition) is 6. The molecule has 2 aromatic rings. The topological polar surface area (TPSA) is 83.1 Å². The Bertz CT molecular complexity index is 1170. The summed E-state index contributed by atoms with van der Waals surface area (Å²) in [4.78, 5) is 26.2. The highest BCUT2D eigenvalue weighted by atomic mass is 79.9. The fourth-order valence-corrected chi connectivity index (χ4v) is 5.57. The largest absolute Gasteiger partial charge is 0.493 e. The summed E-state index contributed by atoms with van der Waals surface area (Å²) in [5.74, 6) is 2.00. The first-order chi connectivity index (χ1) is 16.9. The lowest BCUT2D eigenvalue weighted by Gasteiger charge is -2.35. The first-order valence-electron chi connectivity index (χ1n) is 11.8. The van der Waals surface area contributed by atoms with E-state index in [1.807, 2.05) is 44.2 Å². The van der Waals surface area contributed by atoms with E-state index >= 15 is 0 Å². The van der Waals surface area contributed by atoms with Crippen molar-refractivity contribution < 1.29 is 28.5 Å². The Morgan fingerprint density at radius 2 is 1.60 bits per heavy atom. The van der Waals surface area contributed by atoms with E-state index in [0.29, 0.717) is 60.3 Å². The summed E-state index contributed by atoms with van der Waals surface area (Å²) in [7, 11) is 3.18. The average molecular weight is 544 g/mol. The molecule has 186 valence electrons. The standard InChI is InChI=1S/C27H30BrNO6/c1-5-34-22-8-7-15(12-23(22)32-3)16-10-20-26(21(30)11-16)18(14-25(31)29-20)17-9-19(28)27(33-4)24(13-17)35-6-2/h7-9,12-13,16,18H,5-6,10-11,14H2,1-4H3,(H,29,31). The Kier molecular flexibility index (Phi) is 7.69. The number of allylic oxidation sites excluding steroid dienone is 2. The maximum atomic E-state index is 13.5. The minimum absolute atomic E-state index is 0.0407. The molecule has 35 heavy (non-hydrogen) atoms. The van der Waals surface area contributed by atoms with E-state index in [9.17, 15) is 9.59 Å². The fraction of sp³-hybridized carbons (Fsp3) is 0.407. The normalized spacial score (nSPS) is 19.7. The van der Waals surface area contributed by atoms with E-state index in [1.165, 1.54) is 0 Å². The Balaban J connectivity index is 1.70. The van der Waals surface area contributed by atoms with E-state index in [1.54, 1.807) is 14.2 Å². The highest BCUT2D eigenvalue weighted by Crippen LogP contribution is 2.46. The van der Waals surface area contributed by atoms with Gasteiger partial charge in [0.25, 0.3) is 0 Å². The van der Waals surface area contributed by atoms with Gasteiger partial charge in [0.1, 0.15) is 0 Å². The summed E-state index contributed by atoms with van der Waals surface area (Å²) in [5.41, 5.74) is 3.20. The van der Waals surface area contributed by atoms with Crippen molar-refractivity contribution >= 4 is 27.6 Å². The van der Waals surface area contributed by atoms with Crippen LogP contribution >= 0.6 is 15.9 Å². The summed E-state index contributed by atoms with van der Waals surface area (Å²) >= 11 is 3.55. The van der Waals surface area contributed by atoms with Gasteiger partial charge in [0.2, 0.25) is 5.91 Å². The molecule has 1 amide bonds. The summed E-state index contributed by atoms with van der Waals surface area (Å²) in [6.07, 6.45) is 1.13. The van der Waals surface area contributed by atoms with E-state index in [4.69, 9.17) is 18.9 Å². The monoisotopic (exact) mass is 543 g/mol. The van der Waals surface area contributed by atoms with Crippen LogP contribution in [0.2, 0.25) is 0 Å². The molecule has 2 aromatic carbocycles. The van der Waals surface area contributed by atoms with Crippen molar-refractivity contribution in [2.45, 2.75) is 44.9 Å². The molecule has 8 heteroatoms. The van der Waals surface area contributed by atoms with Gasteiger partial charge >= 0.3 is 0 Å². The van der Waals surface area contributed by atoms with Crippen LogP contribution in [0, 0.1) is 0 Å². The van der Waals surface area contributed by atoms with Crippen LogP contribution in [0.1, 0.15) is 56.1 Å². The lowest BCUT2D eigenvalue weighted by molar-refractivity contribution is -0.122. The first kappa shape index (κ1) is 25.1. The highest BCUT2D eigenvalue weighted by Gasteiger charge is 2.39. The number of nitrogens with one attached hydrogen (secondary N) is 1. The van der Waals surface area contributed by atoms with Gasteiger partial charge in [0, 0.05) is 30.0 Å². The molecule has 0 saturated heterocycles. The molecule has 7 nitrogen and oxygen atoms in total. The first-order valence-corrected chi connectivity index (χ1v) is 12.6. The van der Waals surface area contributed by atoms with Gasteiger partial charge in [-0.15, -0.1) is 0 Å². The van der Waals surface area contributed by atoms with Gasteiger partial charge in [0.05, 0.1) is 31.9 Å². The van der Waals surface area contributed by atoms with E-state index < -0.39 is 0 Å². The van der Waals surface area contributed by atoms with Crippen LogP contribution in [0.4, 0.5) is 0 Å². The predicted molar refractivity (Wildman–Crippen MR) is 136 cm³/mol. The van der Waals surface area contributed by atoms with Crippen molar-refractivity contribution in [2.24, 2.45) is 0 Å². The minimum Gasteiger partial charge on any atom is -0.493 e. The van der Waals surface area contributed by atoms with Crippen molar-refractivity contribution in [3.05, 3.63) is 57.2 Å². The SMILES string of the molecule is CCOc1ccc(C2CC(=O)C3=C(C2)NC(=O)CC3c2cc(Br)c(OC)c(OCC)c2)cc1OC. The number of halogens is 1. The second kappa shape index (κ2) is 10.7. The number of ketones is 1. The molecule has 2 atom stereocenters. The van der Waals surface area contributed by atoms with Crippen LogP contribution < -0.4 is 24.3 Å². The van der Waals surface area contributed by atoms with Crippen LogP contribution in [0.15, 0.2) is 46.1 Å². The average Bonchev–Trinajstić information content (AvgIpc) is 2.83. The number of amides is 1. The quantitative estimate of drug-likeness (QED) is 0.488. The summed E-state index contributed by atoms with van der Waals surface area (Å²) in [5, 5.41) is 2.98. The Hall–Kier alpha value is -3.00. The number of rotatable bonds is 8. The molecule has 2 unspecified atom stereocenters. The number of Topliss-reactive ketones (excluding diaryl/α,β-unsaturated/α-hetero) is 1. The molecule has 1 N–H and O–H groups in total. The van der Waals surface area contributed by atoms with Crippen molar-refractivity contribution in [3.63, 3.8) is 0 Å². The Labute approximate surface area is 213 Å². The van der Waals surface area contributed by atoms with Crippen LogP contribution in [-0.2, 0) is 9.59 Å². The lowest BCUT2D eigenvalue weighted by Crippen LogP contribution is -2.38. The molecule has 0 radical (unpaired) electrons. The second-order valence-corrected chi connectivity index (χ2v) is 9.39. The number of methoxy groups -OCH3 is 2. The van der Waals surface area contributed by atoms with Crippen molar-refractivity contribution in [3.8, 4) is 23.0 Å². The van der Waals surface area contributed by atoms with Crippen LogP contribution in [0.25, 0.3) is 0 Å². The zero-order valence-corrected chi connectivity index (χ0v) is 22.0. The maximum absolute atomic E-state index is 13.5. The van der Waals surface area contributed by atoms with Gasteiger partial charge in [-0.25, -0.2) is 0 Å². The van der Waals surface area contributed by atoms with Gasteiger partial charge in [-0.1, -0.05) is 6.07 Å². The van der Waals surface area contributed by atoms with Crippen LogP contribution in [0.5, 0.6) is 23.0 Å². The smallest absolute Gasteiger partial charge is 0.225 e. The molecule has 0 fully saturated rings. The summed E-state index contributed by atoms with van der Waals surface area (Å²) in [6, 6.07) is 9.54. The molecule has 0 spiro atoms. The Morgan fingerprint density at radius 1 is 0.886 bits per heavy atom. The van der Waals surface area contributed by atoms with E-state index in [2.05, 4.69) is 21.2 Å². The molecule has 1 heterocycles. The van der Waals surface area contributed by atoms with Crippen molar-refractivity contribution in [2.75, 3.05) is 27.4 Å². The zero-order valence-electron chi connectivity index (χ0n) is 20.4. The number of carbonyl (C=O) groups is 2. The van der Waals surface area contributed by atoms with Crippen LogP contribution in [0.3, 0.4) is 0 Å². The van der Waals surface area contributed by atoms with Gasteiger partial charge in [-0.05, 0) is 77.5 Å². The van der Waals surface area contributed by atoms with Gasteiger partial charge in [0.15, 0.2) is 28.8 Å². The second-order valence-electron chi connectivity index (χ2n) is 8.54. The fourth-order valence-electron chi connectivity index (χ4n) is 4.94. The number of carbonyl (C=O) groups excluding carboxylic acids is 2. The summed E-state index contributed by atoms with van der Waals surface area (Å²) < 4.78 is 23.1. The number of benzene rings is 2. The molecule has 4 rings (SSSR count). The summed E-state index contributed by atoms with van der Waals surface area (Å²) in [6.45, 7) is 4.82. The van der Waals surface area contributed by atoms with Gasteiger partial charge in [-0.2, -0.15) is 0 Å². The molecular formula is C27H30BrNO6. The lowest BCUT2D eigenvalue weighted by atomic mass is 9.73. The zero-order chi connectivity index (χ0) is 25.1. The molecule has 0 bridgehead atoms. The minimum atomic E-state index is -0.344. The predicted octanol–water partition coefficient (Wildman–Crippen LogP) is 5.27. The van der Waals surface area contributed by atoms with E-state index in [0.717, 1.165) is 15.6 Å². The maximum Gasteiger partial charge on any atom is 0.225 e. The van der Waals surface area contributed by atoms with Gasteiger partial charge < -0.3 is 24.3 Å². The Morgan fingerprint density at radius 3 is 2.29 bits per heavy atom. The third-order valence-corrected chi connectivity index (χ3v) is 7.02. The number of ether oxygens (including phenoxy) is 4. The van der Waals surface area contributed by atoms with Gasteiger partial charge in [-0.3, -0.25) is 9.59 Å². The van der Waals surface area contributed by atoms with Crippen molar-refractivity contribution in [1.29, 1.82) is 0 Å². The number of hydrogen-bond donors (Lipinski definition) is 1. The highest BCUT2D eigenvalue weighted by molar-refractivity contribution is 9.10. The molecule has 0 aromatic heterocycles. The third-order valence-electron chi connectivity index (χ3n) is 6.43. The van der Waals surface area contributed by atoms with Crippen LogP contribution in [-0.4, -0.2) is 39.1 Å². The molecule has 2 aliphatic rings. The molecule has 1 aliphatic carbocycles. The van der Waals surface area contributed by atoms with E-state index in [-0.39, 0.29) is 29.9 Å². The molecular weight excluding hydrogens is 514 g/mol. The van der Waals surface area contributed by atoms with Crippen molar-refractivity contribution in [1.82, 2.24) is 5.32 Å². The third kappa shape index (κ3) is 5.03.